The topological polar surface area (TPSA) is 55.3 Å². The van der Waals surface area contributed by atoms with Gasteiger partial charge < -0.3 is 11.5 Å². The molecule has 1 heterocycles. The van der Waals surface area contributed by atoms with Gasteiger partial charge in [-0.2, -0.15) is 0 Å². The Morgan fingerprint density at radius 1 is 1.55 bits per heavy atom. The van der Waals surface area contributed by atoms with Crippen molar-refractivity contribution in [3.63, 3.8) is 0 Å². The lowest BCUT2D eigenvalue weighted by atomic mass is 10.0. The van der Waals surface area contributed by atoms with Crippen molar-refractivity contribution in [2.45, 2.75) is 32.0 Å². The first-order valence-electron chi connectivity index (χ1n) is 4.39. The number of hydrogen-bond acceptors (Lipinski definition) is 3. The summed E-state index contributed by atoms with van der Waals surface area (Å²) in [4.78, 5) is 2.29. The fourth-order valence-electron chi connectivity index (χ4n) is 2.03. The lowest BCUT2D eigenvalue weighted by Gasteiger charge is -2.19. The average molecular weight is 155 g/mol. The number of nitrogens with zero attached hydrogens (tertiary/aromatic N) is 1. The lowest BCUT2D eigenvalue weighted by molar-refractivity contribution is 0.251. The summed E-state index contributed by atoms with van der Waals surface area (Å²) < 4.78 is 0. The molecule has 0 aromatic rings. The van der Waals surface area contributed by atoms with Crippen molar-refractivity contribution in [2.24, 2.45) is 16.9 Å². The Hall–Kier alpha value is -0.120. The SMILES string of the molecule is CC(N)N1CC(N)C2(CC2)C1. The van der Waals surface area contributed by atoms with E-state index in [-0.39, 0.29) is 6.17 Å². The summed E-state index contributed by atoms with van der Waals surface area (Å²) in [5, 5.41) is 0. The first-order valence-corrected chi connectivity index (χ1v) is 4.39. The van der Waals surface area contributed by atoms with Crippen molar-refractivity contribution in [2.75, 3.05) is 13.1 Å². The molecule has 2 fully saturated rings. The summed E-state index contributed by atoms with van der Waals surface area (Å²) in [6.07, 6.45) is 2.82. The van der Waals surface area contributed by atoms with Gasteiger partial charge in [-0.05, 0) is 25.2 Å². The second kappa shape index (κ2) is 2.19. The number of rotatable bonds is 1. The molecular weight excluding hydrogens is 138 g/mol. The number of nitrogens with two attached hydrogens (primary N) is 2. The Morgan fingerprint density at radius 2 is 2.18 bits per heavy atom. The van der Waals surface area contributed by atoms with Crippen LogP contribution in [0.25, 0.3) is 0 Å². The van der Waals surface area contributed by atoms with Crippen molar-refractivity contribution in [1.82, 2.24) is 4.90 Å². The Bertz CT molecular complexity index is 163. The highest BCUT2D eigenvalue weighted by molar-refractivity contribution is 5.08. The molecular formula is C8H17N3. The van der Waals surface area contributed by atoms with Crippen molar-refractivity contribution < 1.29 is 0 Å². The predicted octanol–water partition coefficient (Wildman–Crippen LogP) is -0.286. The van der Waals surface area contributed by atoms with Crippen LogP contribution in [0.4, 0.5) is 0 Å². The van der Waals surface area contributed by atoms with Crippen molar-refractivity contribution in [1.29, 1.82) is 0 Å². The van der Waals surface area contributed by atoms with Crippen LogP contribution in [0.5, 0.6) is 0 Å². The zero-order valence-electron chi connectivity index (χ0n) is 7.09. The number of hydrogen-bond donors (Lipinski definition) is 2. The van der Waals surface area contributed by atoms with Crippen LogP contribution in [0.3, 0.4) is 0 Å². The molecule has 2 rings (SSSR count). The van der Waals surface area contributed by atoms with E-state index in [1.165, 1.54) is 12.8 Å². The van der Waals surface area contributed by atoms with Gasteiger partial charge in [0, 0.05) is 19.1 Å². The molecule has 2 atom stereocenters. The molecule has 3 heteroatoms. The Balaban J connectivity index is 2.01. The van der Waals surface area contributed by atoms with Crippen LogP contribution in [0.2, 0.25) is 0 Å². The molecule has 1 aliphatic heterocycles. The molecule has 1 saturated carbocycles. The molecule has 3 nitrogen and oxygen atoms in total. The van der Waals surface area contributed by atoms with E-state index in [1.54, 1.807) is 0 Å². The van der Waals surface area contributed by atoms with E-state index in [1.807, 2.05) is 6.92 Å². The minimum Gasteiger partial charge on any atom is -0.326 e. The van der Waals surface area contributed by atoms with E-state index in [0.29, 0.717) is 11.5 Å². The van der Waals surface area contributed by atoms with E-state index in [9.17, 15) is 0 Å². The third-order valence-corrected chi connectivity index (χ3v) is 3.20. The lowest BCUT2D eigenvalue weighted by Crippen LogP contribution is -2.39. The van der Waals surface area contributed by atoms with Crippen LogP contribution < -0.4 is 11.5 Å². The van der Waals surface area contributed by atoms with Gasteiger partial charge in [0.2, 0.25) is 0 Å². The van der Waals surface area contributed by atoms with Crippen molar-refractivity contribution >= 4 is 0 Å². The zero-order valence-corrected chi connectivity index (χ0v) is 7.09. The van der Waals surface area contributed by atoms with Gasteiger partial charge in [-0.1, -0.05) is 0 Å². The largest absolute Gasteiger partial charge is 0.326 e. The van der Waals surface area contributed by atoms with Gasteiger partial charge in [-0.25, -0.2) is 0 Å². The van der Waals surface area contributed by atoms with Crippen LogP contribution in [0, 0.1) is 5.41 Å². The van der Waals surface area contributed by atoms with Crippen LogP contribution in [-0.2, 0) is 0 Å². The van der Waals surface area contributed by atoms with Crippen molar-refractivity contribution in [3.05, 3.63) is 0 Å². The van der Waals surface area contributed by atoms with Gasteiger partial charge >= 0.3 is 0 Å². The highest BCUT2D eigenvalue weighted by atomic mass is 15.3. The maximum absolute atomic E-state index is 6.01. The van der Waals surface area contributed by atoms with Gasteiger partial charge in [-0.3, -0.25) is 4.90 Å². The van der Waals surface area contributed by atoms with E-state index < -0.39 is 0 Å². The summed E-state index contributed by atoms with van der Waals surface area (Å²) in [5.74, 6) is 0. The summed E-state index contributed by atoms with van der Waals surface area (Å²) in [6.45, 7) is 4.16. The molecule has 0 bridgehead atoms. The average Bonchev–Trinajstić information content (AvgIpc) is 2.59. The Morgan fingerprint density at radius 3 is 2.45 bits per heavy atom. The second-order valence-electron chi connectivity index (χ2n) is 4.14. The molecule has 0 radical (unpaired) electrons. The maximum atomic E-state index is 6.01. The van der Waals surface area contributed by atoms with Gasteiger partial charge in [0.1, 0.15) is 0 Å². The molecule has 2 aliphatic rings. The predicted molar refractivity (Wildman–Crippen MR) is 44.9 cm³/mol. The van der Waals surface area contributed by atoms with Crippen LogP contribution in [-0.4, -0.2) is 30.2 Å². The highest BCUT2D eigenvalue weighted by Gasteiger charge is 2.53. The number of likely N-dealkylation sites (tertiary alicyclic amines) is 1. The molecule has 1 spiro atoms. The molecule has 0 amide bonds. The quantitative estimate of drug-likeness (QED) is 0.547. The molecule has 4 N–H and O–H groups in total. The third kappa shape index (κ3) is 1.08. The molecule has 0 aromatic carbocycles. The Labute approximate surface area is 67.7 Å². The van der Waals surface area contributed by atoms with Crippen LogP contribution in [0.1, 0.15) is 19.8 Å². The van der Waals surface area contributed by atoms with Gasteiger partial charge in [0.15, 0.2) is 0 Å². The fourth-order valence-corrected chi connectivity index (χ4v) is 2.03. The van der Waals surface area contributed by atoms with Gasteiger partial charge in [0.25, 0.3) is 0 Å². The van der Waals surface area contributed by atoms with Gasteiger partial charge in [-0.15, -0.1) is 0 Å². The first kappa shape index (κ1) is 7.53. The summed E-state index contributed by atoms with van der Waals surface area (Å²) in [6, 6.07) is 0.383. The van der Waals surface area contributed by atoms with Crippen LogP contribution >= 0.6 is 0 Å². The molecule has 64 valence electrons. The molecule has 1 saturated heterocycles. The maximum Gasteiger partial charge on any atom is 0.0543 e. The van der Waals surface area contributed by atoms with E-state index in [4.69, 9.17) is 11.5 Å². The normalized spacial score (nSPS) is 37.9. The minimum atomic E-state index is 0.182. The van der Waals surface area contributed by atoms with Gasteiger partial charge in [0.05, 0.1) is 6.17 Å². The highest BCUT2D eigenvalue weighted by Crippen LogP contribution is 2.52. The molecule has 0 aromatic heterocycles. The standard InChI is InChI=1S/C8H17N3/c1-6(9)11-4-7(10)8(5-11)2-3-8/h6-7H,2-5,9-10H2,1H3. The smallest absolute Gasteiger partial charge is 0.0543 e. The summed E-state index contributed by atoms with van der Waals surface area (Å²) in [7, 11) is 0. The molecule has 11 heavy (non-hydrogen) atoms. The zero-order chi connectivity index (χ0) is 8.06. The molecule has 2 unspecified atom stereocenters. The van der Waals surface area contributed by atoms with E-state index in [0.717, 1.165) is 13.1 Å². The van der Waals surface area contributed by atoms with E-state index in [2.05, 4.69) is 4.90 Å². The minimum absolute atomic E-state index is 0.182. The Kier molecular flexibility index (Phi) is 1.50. The monoisotopic (exact) mass is 155 g/mol. The van der Waals surface area contributed by atoms with E-state index >= 15 is 0 Å². The summed E-state index contributed by atoms with van der Waals surface area (Å²) in [5.41, 5.74) is 12.3. The molecule has 1 aliphatic carbocycles. The first-order chi connectivity index (χ1) is 5.14. The third-order valence-electron chi connectivity index (χ3n) is 3.20. The van der Waals surface area contributed by atoms with Crippen LogP contribution in [0.15, 0.2) is 0 Å². The van der Waals surface area contributed by atoms with Crippen molar-refractivity contribution in [3.8, 4) is 0 Å². The fraction of sp³-hybridized carbons (Fsp3) is 1.00. The second-order valence-corrected chi connectivity index (χ2v) is 4.14. The summed E-state index contributed by atoms with van der Waals surface area (Å²) >= 11 is 0.